The number of thioether (sulfide) groups is 1. The van der Waals surface area contributed by atoms with Crippen molar-refractivity contribution in [2.45, 2.75) is 25.7 Å². The number of nitro groups is 1. The summed E-state index contributed by atoms with van der Waals surface area (Å²) >= 11 is 1.85. The number of aromatic nitrogens is 2. The highest BCUT2D eigenvalue weighted by atomic mass is 32.2. The predicted octanol–water partition coefficient (Wildman–Crippen LogP) is 2.01. The third-order valence-electron chi connectivity index (χ3n) is 2.66. The molecule has 0 aliphatic rings. The standard InChI is InChI=1S/C11H20N6O2S/c1-20-7-5-3-2-4-6-13-10-9(17(18)19)8-14-11(15-10)16-12/h8H,2-7,12H2,1H3,(H2,13,14,15,16). The summed E-state index contributed by atoms with van der Waals surface area (Å²) < 4.78 is 0. The second-order valence-corrected chi connectivity index (χ2v) is 5.15. The molecule has 0 saturated heterocycles. The van der Waals surface area contributed by atoms with Crippen molar-refractivity contribution in [1.29, 1.82) is 0 Å². The molecular formula is C11H20N6O2S. The van der Waals surface area contributed by atoms with Crippen molar-refractivity contribution in [3.8, 4) is 0 Å². The molecule has 0 aliphatic heterocycles. The number of hydrogen-bond donors (Lipinski definition) is 3. The number of nitrogens with one attached hydrogen (secondary N) is 2. The first-order chi connectivity index (χ1) is 9.69. The van der Waals surface area contributed by atoms with E-state index in [-0.39, 0.29) is 17.5 Å². The van der Waals surface area contributed by atoms with Crippen LogP contribution in [0.3, 0.4) is 0 Å². The van der Waals surface area contributed by atoms with Crippen molar-refractivity contribution >= 4 is 29.2 Å². The van der Waals surface area contributed by atoms with E-state index in [1.165, 1.54) is 18.6 Å². The molecule has 4 N–H and O–H groups in total. The third-order valence-corrected chi connectivity index (χ3v) is 3.36. The molecule has 0 aromatic carbocycles. The van der Waals surface area contributed by atoms with Crippen LogP contribution in [0.4, 0.5) is 17.5 Å². The molecule has 0 spiro atoms. The lowest BCUT2D eigenvalue weighted by atomic mass is 10.2. The van der Waals surface area contributed by atoms with E-state index in [1.54, 1.807) is 0 Å². The number of nitrogen functional groups attached to an aromatic ring is 1. The maximum Gasteiger partial charge on any atom is 0.329 e. The molecule has 0 saturated carbocycles. The quantitative estimate of drug-likeness (QED) is 0.260. The molecule has 0 fully saturated rings. The summed E-state index contributed by atoms with van der Waals surface area (Å²) in [5.41, 5.74) is 2.12. The van der Waals surface area contributed by atoms with Crippen LogP contribution in [0.5, 0.6) is 0 Å². The molecule has 9 heteroatoms. The van der Waals surface area contributed by atoms with E-state index in [0.717, 1.165) is 19.0 Å². The Balaban J connectivity index is 2.43. The number of rotatable bonds is 10. The highest BCUT2D eigenvalue weighted by Crippen LogP contribution is 2.21. The van der Waals surface area contributed by atoms with Gasteiger partial charge in [0.25, 0.3) is 0 Å². The lowest BCUT2D eigenvalue weighted by Gasteiger charge is -2.07. The molecule has 1 heterocycles. The zero-order valence-corrected chi connectivity index (χ0v) is 12.3. The molecule has 1 aromatic rings. The first kappa shape index (κ1) is 16.4. The maximum absolute atomic E-state index is 10.9. The Morgan fingerprint density at radius 1 is 1.40 bits per heavy atom. The molecule has 0 bridgehead atoms. The van der Waals surface area contributed by atoms with Crippen LogP contribution in [-0.2, 0) is 0 Å². The van der Waals surface area contributed by atoms with Crippen LogP contribution in [0.25, 0.3) is 0 Å². The van der Waals surface area contributed by atoms with Gasteiger partial charge in [-0.2, -0.15) is 16.7 Å². The van der Waals surface area contributed by atoms with Gasteiger partial charge in [0.1, 0.15) is 6.20 Å². The Bertz CT molecular complexity index is 431. The summed E-state index contributed by atoms with van der Waals surface area (Å²) in [6.45, 7) is 0.640. The Kier molecular flexibility index (Phi) is 7.66. The van der Waals surface area contributed by atoms with Crippen molar-refractivity contribution in [2.24, 2.45) is 5.84 Å². The Hall–Kier alpha value is -1.61. The molecule has 8 nitrogen and oxygen atoms in total. The van der Waals surface area contributed by atoms with Gasteiger partial charge in [-0.25, -0.2) is 10.8 Å². The van der Waals surface area contributed by atoms with Gasteiger partial charge < -0.3 is 5.32 Å². The summed E-state index contributed by atoms with van der Waals surface area (Å²) in [6.07, 6.45) is 7.65. The Labute approximate surface area is 122 Å². The number of anilines is 2. The average molecular weight is 300 g/mol. The number of nitrogens with zero attached hydrogens (tertiary/aromatic N) is 3. The maximum atomic E-state index is 10.9. The van der Waals surface area contributed by atoms with Gasteiger partial charge >= 0.3 is 5.69 Å². The van der Waals surface area contributed by atoms with E-state index in [9.17, 15) is 10.1 Å². The molecule has 20 heavy (non-hydrogen) atoms. The van der Waals surface area contributed by atoms with E-state index >= 15 is 0 Å². The molecule has 0 amide bonds. The SMILES string of the molecule is CSCCCCCCNc1nc(NN)ncc1[N+](=O)[O-]. The summed E-state index contributed by atoms with van der Waals surface area (Å²) in [6, 6.07) is 0. The lowest BCUT2D eigenvalue weighted by molar-refractivity contribution is -0.384. The average Bonchev–Trinajstić information content (AvgIpc) is 2.45. The topological polar surface area (TPSA) is 119 Å². The number of nitrogens with two attached hydrogens (primary N) is 1. The van der Waals surface area contributed by atoms with Gasteiger partial charge in [-0.1, -0.05) is 12.8 Å². The van der Waals surface area contributed by atoms with Crippen LogP contribution in [0.1, 0.15) is 25.7 Å². The fourth-order valence-corrected chi connectivity index (χ4v) is 2.13. The molecule has 0 radical (unpaired) electrons. The van der Waals surface area contributed by atoms with Crippen LogP contribution in [0, 0.1) is 10.1 Å². The van der Waals surface area contributed by atoms with E-state index in [0.29, 0.717) is 6.54 Å². The van der Waals surface area contributed by atoms with Crippen LogP contribution in [0.15, 0.2) is 6.20 Å². The minimum atomic E-state index is -0.513. The molecule has 0 aliphatic carbocycles. The van der Waals surface area contributed by atoms with Crippen molar-refractivity contribution in [2.75, 3.05) is 29.3 Å². The number of hydrazine groups is 1. The summed E-state index contributed by atoms with van der Waals surface area (Å²) in [7, 11) is 0. The number of unbranched alkanes of at least 4 members (excludes halogenated alkanes) is 3. The van der Waals surface area contributed by atoms with Crippen molar-refractivity contribution in [1.82, 2.24) is 9.97 Å². The van der Waals surface area contributed by atoms with Gasteiger partial charge in [0.2, 0.25) is 11.8 Å². The van der Waals surface area contributed by atoms with E-state index in [2.05, 4.69) is 27.0 Å². The van der Waals surface area contributed by atoms with E-state index in [1.807, 2.05) is 11.8 Å². The minimum absolute atomic E-state index is 0.147. The smallest absolute Gasteiger partial charge is 0.329 e. The van der Waals surface area contributed by atoms with Crippen LogP contribution in [0.2, 0.25) is 0 Å². The highest BCUT2D eigenvalue weighted by Gasteiger charge is 2.16. The second kappa shape index (κ2) is 9.32. The monoisotopic (exact) mass is 300 g/mol. The highest BCUT2D eigenvalue weighted by molar-refractivity contribution is 7.98. The van der Waals surface area contributed by atoms with Crippen LogP contribution in [-0.4, -0.2) is 33.4 Å². The zero-order valence-electron chi connectivity index (χ0n) is 11.5. The van der Waals surface area contributed by atoms with Gasteiger partial charge in [0.05, 0.1) is 4.92 Å². The lowest BCUT2D eigenvalue weighted by Crippen LogP contribution is -2.13. The van der Waals surface area contributed by atoms with Crippen molar-refractivity contribution < 1.29 is 4.92 Å². The zero-order chi connectivity index (χ0) is 14.8. The van der Waals surface area contributed by atoms with Crippen molar-refractivity contribution in [3.63, 3.8) is 0 Å². The first-order valence-corrected chi connectivity index (χ1v) is 7.79. The molecule has 0 unspecified atom stereocenters. The van der Waals surface area contributed by atoms with Gasteiger partial charge in [-0.3, -0.25) is 15.5 Å². The molecule has 112 valence electrons. The third kappa shape index (κ3) is 5.57. The van der Waals surface area contributed by atoms with Gasteiger partial charge in [-0.05, 0) is 24.9 Å². The largest absolute Gasteiger partial charge is 0.364 e. The second-order valence-electron chi connectivity index (χ2n) is 4.16. The van der Waals surface area contributed by atoms with Gasteiger partial charge in [0.15, 0.2) is 0 Å². The summed E-state index contributed by atoms with van der Waals surface area (Å²) in [5, 5.41) is 13.8. The van der Waals surface area contributed by atoms with Crippen LogP contribution < -0.4 is 16.6 Å². The Morgan fingerprint density at radius 3 is 2.80 bits per heavy atom. The van der Waals surface area contributed by atoms with Crippen molar-refractivity contribution in [3.05, 3.63) is 16.3 Å². The Morgan fingerprint density at radius 2 is 2.15 bits per heavy atom. The van der Waals surface area contributed by atoms with Crippen LogP contribution >= 0.6 is 11.8 Å². The normalized spacial score (nSPS) is 10.3. The van der Waals surface area contributed by atoms with E-state index < -0.39 is 4.92 Å². The summed E-state index contributed by atoms with van der Waals surface area (Å²) in [4.78, 5) is 18.0. The van der Waals surface area contributed by atoms with Gasteiger partial charge in [-0.15, -0.1) is 0 Å². The molecule has 1 aromatic heterocycles. The molecular weight excluding hydrogens is 280 g/mol. The van der Waals surface area contributed by atoms with Gasteiger partial charge in [0, 0.05) is 6.54 Å². The predicted molar refractivity (Wildman–Crippen MR) is 81.8 cm³/mol. The fourth-order valence-electron chi connectivity index (χ4n) is 1.64. The minimum Gasteiger partial charge on any atom is -0.364 e. The first-order valence-electron chi connectivity index (χ1n) is 6.40. The summed E-state index contributed by atoms with van der Waals surface area (Å²) in [5.74, 6) is 6.72. The van der Waals surface area contributed by atoms with E-state index in [4.69, 9.17) is 5.84 Å². The number of hydrogen-bond acceptors (Lipinski definition) is 8. The molecule has 1 rings (SSSR count). The fraction of sp³-hybridized carbons (Fsp3) is 0.636. The molecule has 0 atom stereocenters.